The predicted molar refractivity (Wildman–Crippen MR) is 99.5 cm³/mol. The van der Waals surface area contributed by atoms with E-state index in [2.05, 4.69) is 32.7 Å². The fourth-order valence-corrected chi connectivity index (χ4v) is 3.28. The van der Waals surface area contributed by atoms with Crippen molar-refractivity contribution in [3.8, 4) is 11.4 Å². The van der Waals surface area contributed by atoms with Gasteiger partial charge in [0, 0.05) is 23.7 Å². The molecule has 0 radical (unpaired) electrons. The van der Waals surface area contributed by atoms with E-state index in [-0.39, 0.29) is 0 Å². The van der Waals surface area contributed by atoms with Crippen molar-refractivity contribution in [2.24, 2.45) is 10.9 Å². The molecule has 0 saturated heterocycles. The number of aliphatic imine (C=N–C) groups is 1. The van der Waals surface area contributed by atoms with Gasteiger partial charge >= 0.3 is 0 Å². The summed E-state index contributed by atoms with van der Waals surface area (Å²) in [6.07, 6.45) is 4.96. The maximum Gasteiger partial charge on any atom is 0.246 e. The molecular formula is C18H24ClN5O. The molecule has 2 unspecified atom stereocenters. The minimum atomic E-state index is 0.433. The van der Waals surface area contributed by atoms with Crippen molar-refractivity contribution in [3.63, 3.8) is 0 Å². The number of rotatable bonds is 4. The Morgan fingerprint density at radius 3 is 2.84 bits per heavy atom. The van der Waals surface area contributed by atoms with Crippen molar-refractivity contribution in [1.82, 2.24) is 20.8 Å². The van der Waals surface area contributed by atoms with E-state index in [0.29, 0.717) is 29.3 Å². The van der Waals surface area contributed by atoms with Crippen molar-refractivity contribution >= 4 is 17.6 Å². The number of hydrogen-bond donors (Lipinski definition) is 2. The summed E-state index contributed by atoms with van der Waals surface area (Å²) in [5.74, 6) is 2.61. The number of benzene rings is 1. The zero-order valence-electron chi connectivity index (χ0n) is 14.6. The Balaban J connectivity index is 1.54. The second kappa shape index (κ2) is 8.34. The van der Waals surface area contributed by atoms with E-state index in [1.165, 1.54) is 25.7 Å². The minimum Gasteiger partial charge on any atom is -0.354 e. The van der Waals surface area contributed by atoms with Crippen LogP contribution in [0.1, 0.15) is 38.5 Å². The summed E-state index contributed by atoms with van der Waals surface area (Å²) in [7, 11) is 1.77. The van der Waals surface area contributed by atoms with Crippen LogP contribution in [0.4, 0.5) is 0 Å². The van der Waals surface area contributed by atoms with Crippen molar-refractivity contribution in [1.29, 1.82) is 0 Å². The van der Waals surface area contributed by atoms with Gasteiger partial charge in [0.15, 0.2) is 5.96 Å². The first-order chi connectivity index (χ1) is 12.1. The van der Waals surface area contributed by atoms with E-state index in [9.17, 15) is 0 Å². The second-order valence-electron chi connectivity index (χ2n) is 6.56. The molecule has 2 atom stereocenters. The molecular weight excluding hydrogens is 338 g/mol. The molecule has 1 aromatic heterocycles. The fraction of sp³-hybridized carbons (Fsp3) is 0.500. The molecule has 3 rings (SSSR count). The molecule has 0 bridgehead atoms. The lowest BCUT2D eigenvalue weighted by atomic mass is 9.87. The molecule has 25 heavy (non-hydrogen) atoms. The van der Waals surface area contributed by atoms with Crippen LogP contribution < -0.4 is 10.6 Å². The Labute approximate surface area is 153 Å². The number of hydrogen-bond acceptors (Lipinski definition) is 4. The number of aromatic nitrogens is 2. The summed E-state index contributed by atoms with van der Waals surface area (Å²) in [5, 5.41) is 11.4. The van der Waals surface area contributed by atoms with E-state index in [0.717, 1.165) is 17.4 Å². The molecule has 2 N–H and O–H groups in total. The third-order valence-electron chi connectivity index (χ3n) is 4.48. The average Bonchev–Trinajstić information content (AvgIpc) is 3.08. The van der Waals surface area contributed by atoms with Crippen LogP contribution in [0.2, 0.25) is 5.02 Å². The smallest absolute Gasteiger partial charge is 0.246 e. The Hall–Kier alpha value is -2.08. The van der Waals surface area contributed by atoms with Gasteiger partial charge in [0.1, 0.15) is 0 Å². The molecule has 1 heterocycles. The van der Waals surface area contributed by atoms with E-state index in [4.69, 9.17) is 16.1 Å². The van der Waals surface area contributed by atoms with Crippen LogP contribution in [0, 0.1) is 5.92 Å². The zero-order valence-corrected chi connectivity index (χ0v) is 15.4. The van der Waals surface area contributed by atoms with Crippen LogP contribution in [0.15, 0.2) is 33.8 Å². The summed E-state index contributed by atoms with van der Waals surface area (Å²) in [4.78, 5) is 8.70. The van der Waals surface area contributed by atoms with E-state index < -0.39 is 0 Å². The van der Waals surface area contributed by atoms with Gasteiger partial charge in [-0.15, -0.1) is 0 Å². The van der Waals surface area contributed by atoms with Crippen molar-refractivity contribution in [3.05, 3.63) is 35.2 Å². The lowest BCUT2D eigenvalue weighted by molar-refractivity contribution is 0.323. The highest BCUT2D eigenvalue weighted by Crippen LogP contribution is 2.23. The summed E-state index contributed by atoms with van der Waals surface area (Å²) < 4.78 is 5.31. The lowest BCUT2D eigenvalue weighted by Crippen LogP contribution is -2.44. The van der Waals surface area contributed by atoms with Gasteiger partial charge in [0.25, 0.3) is 0 Å². The Bertz CT molecular complexity index is 713. The van der Waals surface area contributed by atoms with Crippen LogP contribution in [0.3, 0.4) is 0 Å². The largest absolute Gasteiger partial charge is 0.354 e. The third-order valence-corrected chi connectivity index (χ3v) is 4.73. The maximum absolute atomic E-state index is 5.90. The van der Waals surface area contributed by atoms with Gasteiger partial charge in [0.05, 0.1) is 6.54 Å². The molecule has 1 fully saturated rings. The van der Waals surface area contributed by atoms with Gasteiger partial charge < -0.3 is 15.2 Å². The van der Waals surface area contributed by atoms with Gasteiger partial charge in [0.2, 0.25) is 11.7 Å². The first kappa shape index (κ1) is 17.7. The Morgan fingerprint density at radius 1 is 1.32 bits per heavy atom. The minimum absolute atomic E-state index is 0.433. The van der Waals surface area contributed by atoms with Crippen LogP contribution in [0.25, 0.3) is 11.4 Å². The topological polar surface area (TPSA) is 75.3 Å². The summed E-state index contributed by atoms with van der Waals surface area (Å²) >= 11 is 5.90. The van der Waals surface area contributed by atoms with Gasteiger partial charge in [-0.1, -0.05) is 36.5 Å². The van der Waals surface area contributed by atoms with E-state index in [1.807, 2.05) is 24.3 Å². The van der Waals surface area contributed by atoms with E-state index >= 15 is 0 Å². The molecule has 1 aromatic carbocycles. The van der Waals surface area contributed by atoms with Crippen LogP contribution in [0.5, 0.6) is 0 Å². The zero-order chi connectivity index (χ0) is 17.6. The van der Waals surface area contributed by atoms with Crippen LogP contribution in [-0.4, -0.2) is 29.2 Å². The third kappa shape index (κ3) is 4.95. The lowest BCUT2D eigenvalue weighted by Gasteiger charge is -2.28. The Kier molecular flexibility index (Phi) is 5.91. The van der Waals surface area contributed by atoms with Crippen molar-refractivity contribution in [2.45, 2.75) is 45.2 Å². The van der Waals surface area contributed by atoms with Gasteiger partial charge in [-0.2, -0.15) is 4.98 Å². The molecule has 6 nitrogen and oxygen atoms in total. The van der Waals surface area contributed by atoms with Gasteiger partial charge in [-0.05, 0) is 43.0 Å². The number of nitrogens with zero attached hydrogens (tertiary/aromatic N) is 3. The number of nitrogens with one attached hydrogen (secondary N) is 2. The van der Waals surface area contributed by atoms with E-state index in [1.54, 1.807) is 7.05 Å². The quantitative estimate of drug-likeness (QED) is 0.642. The standard InChI is InChI=1S/C18H24ClN5O/c1-12-4-3-5-15(10-12)22-18(20-2)21-11-16-23-17(24-25-16)13-6-8-14(19)9-7-13/h6-9,12,15H,3-5,10-11H2,1-2H3,(H2,20,21,22). The summed E-state index contributed by atoms with van der Waals surface area (Å²) in [5.41, 5.74) is 0.873. The number of guanidine groups is 1. The fourth-order valence-electron chi connectivity index (χ4n) is 3.16. The molecule has 0 spiro atoms. The highest BCUT2D eigenvalue weighted by molar-refractivity contribution is 6.30. The molecule has 1 aliphatic carbocycles. The first-order valence-electron chi connectivity index (χ1n) is 8.69. The second-order valence-corrected chi connectivity index (χ2v) is 6.99. The molecule has 2 aromatic rings. The summed E-state index contributed by atoms with van der Waals surface area (Å²) in [6, 6.07) is 7.83. The molecule has 7 heteroatoms. The molecule has 1 aliphatic rings. The molecule has 0 aliphatic heterocycles. The van der Waals surface area contributed by atoms with Crippen molar-refractivity contribution < 1.29 is 4.52 Å². The molecule has 0 amide bonds. The highest BCUT2D eigenvalue weighted by Gasteiger charge is 2.19. The van der Waals surface area contributed by atoms with Crippen LogP contribution in [-0.2, 0) is 6.54 Å². The SMILES string of the molecule is CN=C(NCc1nc(-c2ccc(Cl)cc2)no1)NC1CCCC(C)C1. The monoisotopic (exact) mass is 361 g/mol. The molecule has 134 valence electrons. The van der Waals surface area contributed by atoms with Crippen molar-refractivity contribution in [2.75, 3.05) is 7.05 Å². The first-order valence-corrected chi connectivity index (χ1v) is 9.07. The highest BCUT2D eigenvalue weighted by atomic mass is 35.5. The number of halogens is 1. The Morgan fingerprint density at radius 2 is 2.12 bits per heavy atom. The normalized spacial score (nSPS) is 21.2. The summed E-state index contributed by atoms with van der Waals surface area (Å²) in [6.45, 7) is 2.74. The van der Waals surface area contributed by atoms with Gasteiger partial charge in [-0.3, -0.25) is 4.99 Å². The van der Waals surface area contributed by atoms with Crippen LogP contribution >= 0.6 is 11.6 Å². The predicted octanol–water partition coefficient (Wildman–Crippen LogP) is 3.63. The molecule has 1 saturated carbocycles. The average molecular weight is 362 g/mol. The maximum atomic E-state index is 5.90. The van der Waals surface area contributed by atoms with Gasteiger partial charge in [-0.25, -0.2) is 0 Å².